The summed E-state index contributed by atoms with van der Waals surface area (Å²) in [5.74, 6) is 0.656. The van der Waals surface area contributed by atoms with Crippen molar-refractivity contribution >= 4 is 44.6 Å². The standard InChI is InChI=1S/C22H23N5OS2/c1-4-16(17-9-6-10-29-17)27-20-18-14(3)19(30-22(18)25-12-24-20)21(28)23-11-15-8-5-7-13(2)26-15/h5-10,12,16H,4,11H2,1-3H3,(H,23,28)(H,24,25,27)/t16-/m1/s1. The smallest absolute Gasteiger partial charge is 0.262 e. The van der Waals surface area contributed by atoms with Crippen molar-refractivity contribution in [3.63, 3.8) is 0 Å². The number of aromatic nitrogens is 3. The summed E-state index contributed by atoms with van der Waals surface area (Å²) in [5, 5.41) is 9.53. The Morgan fingerprint density at radius 3 is 2.77 bits per heavy atom. The molecule has 4 heterocycles. The van der Waals surface area contributed by atoms with E-state index < -0.39 is 0 Å². The number of carbonyl (C=O) groups excluding carboxylic acids is 1. The third-order valence-corrected chi connectivity index (χ3v) is 7.10. The van der Waals surface area contributed by atoms with Gasteiger partial charge in [-0.15, -0.1) is 22.7 Å². The zero-order chi connectivity index (χ0) is 21.1. The van der Waals surface area contributed by atoms with Crippen LogP contribution in [0, 0.1) is 13.8 Å². The molecular formula is C22H23N5OS2. The van der Waals surface area contributed by atoms with Gasteiger partial charge in [-0.3, -0.25) is 9.78 Å². The molecule has 2 N–H and O–H groups in total. The van der Waals surface area contributed by atoms with Crippen LogP contribution in [0.2, 0.25) is 0 Å². The lowest BCUT2D eigenvalue weighted by Gasteiger charge is -2.16. The first-order chi connectivity index (χ1) is 14.6. The van der Waals surface area contributed by atoms with Gasteiger partial charge in [0.1, 0.15) is 17.0 Å². The van der Waals surface area contributed by atoms with Gasteiger partial charge in [0.25, 0.3) is 5.91 Å². The Hall–Kier alpha value is -2.84. The minimum absolute atomic E-state index is 0.116. The van der Waals surface area contributed by atoms with Gasteiger partial charge < -0.3 is 10.6 Å². The second kappa shape index (κ2) is 8.89. The van der Waals surface area contributed by atoms with Crippen LogP contribution in [0.15, 0.2) is 42.0 Å². The third kappa shape index (κ3) is 4.20. The van der Waals surface area contributed by atoms with Crippen LogP contribution in [0.5, 0.6) is 0 Å². The van der Waals surface area contributed by atoms with Crippen LogP contribution in [0.1, 0.15) is 50.9 Å². The summed E-state index contributed by atoms with van der Waals surface area (Å²) in [6.07, 6.45) is 2.49. The topological polar surface area (TPSA) is 79.8 Å². The van der Waals surface area contributed by atoms with E-state index in [0.717, 1.165) is 39.4 Å². The van der Waals surface area contributed by atoms with E-state index in [4.69, 9.17) is 0 Å². The molecule has 8 heteroatoms. The molecule has 6 nitrogen and oxygen atoms in total. The monoisotopic (exact) mass is 437 g/mol. The van der Waals surface area contributed by atoms with Gasteiger partial charge in [-0.2, -0.15) is 0 Å². The summed E-state index contributed by atoms with van der Waals surface area (Å²) in [6.45, 7) is 6.43. The maximum absolute atomic E-state index is 12.9. The van der Waals surface area contributed by atoms with Crippen molar-refractivity contribution in [2.45, 2.75) is 39.8 Å². The highest BCUT2D eigenvalue weighted by Crippen LogP contribution is 2.35. The second-order valence-electron chi connectivity index (χ2n) is 7.03. The van der Waals surface area contributed by atoms with E-state index in [1.807, 2.05) is 32.0 Å². The van der Waals surface area contributed by atoms with Crippen LogP contribution in [0.4, 0.5) is 5.82 Å². The van der Waals surface area contributed by atoms with E-state index in [1.165, 1.54) is 16.2 Å². The lowest BCUT2D eigenvalue weighted by molar-refractivity contribution is 0.0954. The molecule has 0 saturated heterocycles. The summed E-state index contributed by atoms with van der Waals surface area (Å²) in [5.41, 5.74) is 2.67. The molecule has 0 aliphatic carbocycles. The van der Waals surface area contributed by atoms with Gasteiger partial charge in [0.05, 0.1) is 28.5 Å². The van der Waals surface area contributed by atoms with Gasteiger partial charge in [-0.05, 0) is 49.4 Å². The predicted octanol–water partition coefficient (Wildman–Crippen LogP) is 5.26. The summed E-state index contributed by atoms with van der Waals surface area (Å²) in [7, 11) is 0. The lowest BCUT2D eigenvalue weighted by atomic mass is 10.1. The van der Waals surface area contributed by atoms with Crippen molar-refractivity contribution in [3.8, 4) is 0 Å². The largest absolute Gasteiger partial charge is 0.362 e. The number of hydrogen-bond acceptors (Lipinski definition) is 7. The number of nitrogens with zero attached hydrogens (tertiary/aromatic N) is 3. The molecular weight excluding hydrogens is 414 g/mol. The van der Waals surface area contributed by atoms with Crippen LogP contribution in [-0.2, 0) is 6.54 Å². The van der Waals surface area contributed by atoms with Crippen molar-refractivity contribution in [3.05, 3.63) is 68.7 Å². The highest BCUT2D eigenvalue weighted by atomic mass is 32.1. The fraction of sp³-hybridized carbons (Fsp3) is 0.273. The first kappa shape index (κ1) is 20.4. The Bertz CT molecular complexity index is 1170. The third-order valence-electron chi connectivity index (χ3n) is 4.91. The Labute approximate surface area is 183 Å². The van der Waals surface area contributed by atoms with E-state index in [9.17, 15) is 4.79 Å². The average Bonchev–Trinajstić information content (AvgIpc) is 3.39. The van der Waals surface area contributed by atoms with Crippen molar-refractivity contribution < 1.29 is 4.79 Å². The number of amides is 1. The van der Waals surface area contributed by atoms with Crippen LogP contribution in [0.3, 0.4) is 0 Å². The molecule has 0 bridgehead atoms. The fourth-order valence-corrected chi connectivity index (χ4v) is 5.30. The SMILES string of the molecule is CC[C@@H](Nc1ncnc2sc(C(=O)NCc3cccc(C)n3)c(C)c12)c1cccs1. The second-order valence-corrected chi connectivity index (χ2v) is 9.01. The number of anilines is 1. The Balaban J connectivity index is 1.59. The van der Waals surface area contributed by atoms with E-state index in [1.54, 1.807) is 17.7 Å². The van der Waals surface area contributed by atoms with Crippen LogP contribution in [0.25, 0.3) is 10.2 Å². The number of hydrogen-bond donors (Lipinski definition) is 2. The van der Waals surface area contributed by atoms with E-state index in [0.29, 0.717) is 11.4 Å². The van der Waals surface area contributed by atoms with Gasteiger partial charge in [-0.1, -0.05) is 19.1 Å². The quantitative estimate of drug-likeness (QED) is 0.412. The van der Waals surface area contributed by atoms with Crippen LogP contribution in [-0.4, -0.2) is 20.9 Å². The zero-order valence-electron chi connectivity index (χ0n) is 17.1. The van der Waals surface area contributed by atoms with E-state index >= 15 is 0 Å². The summed E-state index contributed by atoms with van der Waals surface area (Å²) in [4.78, 5) is 28.9. The summed E-state index contributed by atoms with van der Waals surface area (Å²) in [6, 6.07) is 10.2. The average molecular weight is 438 g/mol. The normalized spacial score (nSPS) is 12.1. The Morgan fingerprint density at radius 1 is 1.17 bits per heavy atom. The van der Waals surface area contributed by atoms with E-state index in [2.05, 4.69) is 50.0 Å². The predicted molar refractivity (Wildman–Crippen MR) is 123 cm³/mol. The Morgan fingerprint density at radius 2 is 2.03 bits per heavy atom. The van der Waals surface area contributed by atoms with Gasteiger partial charge >= 0.3 is 0 Å². The highest BCUT2D eigenvalue weighted by molar-refractivity contribution is 7.20. The minimum Gasteiger partial charge on any atom is -0.362 e. The maximum Gasteiger partial charge on any atom is 0.262 e. The molecule has 30 heavy (non-hydrogen) atoms. The first-order valence-corrected chi connectivity index (χ1v) is 11.5. The minimum atomic E-state index is -0.116. The van der Waals surface area contributed by atoms with Gasteiger partial charge in [0, 0.05) is 10.6 Å². The number of carbonyl (C=O) groups is 1. The van der Waals surface area contributed by atoms with Gasteiger partial charge in [0.2, 0.25) is 0 Å². The number of nitrogens with one attached hydrogen (secondary N) is 2. The highest BCUT2D eigenvalue weighted by Gasteiger charge is 2.21. The van der Waals surface area contributed by atoms with Crippen LogP contribution >= 0.6 is 22.7 Å². The molecule has 0 aromatic carbocycles. The molecule has 4 rings (SSSR count). The molecule has 0 aliphatic rings. The van der Waals surface area contributed by atoms with Crippen molar-refractivity contribution in [1.82, 2.24) is 20.3 Å². The zero-order valence-corrected chi connectivity index (χ0v) is 18.7. The molecule has 1 amide bonds. The van der Waals surface area contributed by atoms with Crippen molar-refractivity contribution in [2.75, 3.05) is 5.32 Å². The first-order valence-electron chi connectivity index (χ1n) is 9.81. The van der Waals surface area contributed by atoms with Gasteiger partial charge in [0.15, 0.2) is 0 Å². The van der Waals surface area contributed by atoms with Crippen molar-refractivity contribution in [2.24, 2.45) is 0 Å². The number of fused-ring (bicyclic) bond motifs is 1. The van der Waals surface area contributed by atoms with Crippen molar-refractivity contribution in [1.29, 1.82) is 0 Å². The fourth-order valence-electron chi connectivity index (χ4n) is 3.38. The van der Waals surface area contributed by atoms with Gasteiger partial charge in [-0.25, -0.2) is 9.97 Å². The maximum atomic E-state index is 12.9. The molecule has 154 valence electrons. The molecule has 0 fully saturated rings. The number of aryl methyl sites for hydroxylation is 2. The van der Waals surface area contributed by atoms with Crippen LogP contribution < -0.4 is 10.6 Å². The molecule has 0 saturated carbocycles. The number of rotatable bonds is 7. The molecule has 0 aliphatic heterocycles. The molecule has 4 aromatic rings. The Kier molecular flexibility index (Phi) is 6.06. The molecule has 1 atom stereocenters. The van der Waals surface area contributed by atoms with E-state index in [-0.39, 0.29) is 11.9 Å². The lowest BCUT2D eigenvalue weighted by Crippen LogP contribution is -2.23. The molecule has 0 unspecified atom stereocenters. The molecule has 0 spiro atoms. The number of thiophene rings is 2. The number of pyridine rings is 1. The molecule has 4 aromatic heterocycles. The summed E-state index contributed by atoms with van der Waals surface area (Å²) >= 11 is 3.12. The molecule has 0 radical (unpaired) electrons. The summed E-state index contributed by atoms with van der Waals surface area (Å²) < 4.78 is 0.